The molecule has 0 radical (unpaired) electrons. The second kappa shape index (κ2) is 9.58. The molecular weight excluding hydrogens is 569 g/mol. The predicted octanol–water partition coefficient (Wildman–Crippen LogP) is 6.46. The Morgan fingerprint density at radius 2 is 1.90 bits per heavy atom. The van der Waals surface area contributed by atoms with Crippen LogP contribution in [0.15, 0.2) is 54.9 Å². The third kappa shape index (κ3) is 4.67. The van der Waals surface area contributed by atoms with E-state index in [9.17, 15) is 31.5 Å². The van der Waals surface area contributed by atoms with Crippen LogP contribution in [0.4, 0.5) is 38.1 Å². The Hall–Kier alpha value is -4.45. The van der Waals surface area contributed by atoms with E-state index in [1.54, 1.807) is 30.2 Å². The summed E-state index contributed by atoms with van der Waals surface area (Å²) >= 11 is 6.42. The SMILES string of the molecule is Cn1cc(-c2cc(NC(=O)c3cc(F)cc(C(F)(F)F)c3)c3c4c2CCN4C(=O)NC3c2cc(F)ccc2Cl)cn1. The molecule has 4 aromatic rings. The summed E-state index contributed by atoms with van der Waals surface area (Å²) in [5, 5.41) is 9.77. The molecule has 13 heteroatoms. The van der Waals surface area contributed by atoms with Crippen molar-refractivity contribution in [2.75, 3.05) is 16.8 Å². The highest BCUT2D eigenvalue weighted by Crippen LogP contribution is 2.50. The van der Waals surface area contributed by atoms with Crippen LogP contribution in [0, 0.1) is 11.6 Å². The van der Waals surface area contributed by atoms with E-state index in [2.05, 4.69) is 15.7 Å². The van der Waals surface area contributed by atoms with E-state index in [1.165, 1.54) is 11.0 Å². The molecule has 6 rings (SSSR count). The van der Waals surface area contributed by atoms with Crippen molar-refractivity contribution in [3.05, 3.63) is 99.3 Å². The molecule has 7 nitrogen and oxygen atoms in total. The average molecular weight is 588 g/mol. The smallest absolute Gasteiger partial charge is 0.327 e. The summed E-state index contributed by atoms with van der Waals surface area (Å²) in [5.41, 5.74) is 1.32. The van der Waals surface area contributed by atoms with Crippen molar-refractivity contribution >= 4 is 34.9 Å². The van der Waals surface area contributed by atoms with E-state index in [0.717, 1.165) is 17.7 Å². The second-order valence-corrected chi connectivity index (χ2v) is 10.2. The fourth-order valence-electron chi connectivity index (χ4n) is 5.36. The van der Waals surface area contributed by atoms with Crippen LogP contribution in [0.3, 0.4) is 0 Å². The molecule has 1 unspecified atom stereocenters. The molecule has 0 fully saturated rings. The van der Waals surface area contributed by atoms with Crippen molar-refractivity contribution in [2.45, 2.75) is 18.6 Å². The molecule has 0 bridgehead atoms. The van der Waals surface area contributed by atoms with Gasteiger partial charge in [-0.15, -0.1) is 0 Å². The van der Waals surface area contributed by atoms with Gasteiger partial charge in [0, 0.05) is 52.8 Å². The number of nitrogens with zero attached hydrogens (tertiary/aromatic N) is 3. The average Bonchev–Trinajstić information content (AvgIpc) is 3.55. The number of hydrogen-bond acceptors (Lipinski definition) is 3. The van der Waals surface area contributed by atoms with Gasteiger partial charge in [-0.05, 0) is 60.0 Å². The summed E-state index contributed by atoms with van der Waals surface area (Å²) in [4.78, 5) is 28.0. The number of halogens is 6. The molecule has 0 aliphatic carbocycles. The summed E-state index contributed by atoms with van der Waals surface area (Å²) in [7, 11) is 1.72. The van der Waals surface area contributed by atoms with Gasteiger partial charge in [0.2, 0.25) is 0 Å². The largest absolute Gasteiger partial charge is 0.416 e. The molecule has 0 saturated carbocycles. The summed E-state index contributed by atoms with van der Waals surface area (Å²) in [6.07, 6.45) is -1.10. The molecular formula is C28H19ClF5N5O2. The molecule has 3 aromatic carbocycles. The van der Waals surface area contributed by atoms with Crippen molar-refractivity contribution in [1.82, 2.24) is 15.1 Å². The van der Waals surface area contributed by atoms with Gasteiger partial charge in [0.05, 0.1) is 23.5 Å². The van der Waals surface area contributed by atoms with Crippen LogP contribution < -0.4 is 15.5 Å². The molecule has 2 N–H and O–H groups in total. The quantitative estimate of drug-likeness (QED) is 0.269. The number of anilines is 2. The van der Waals surface area contributed by atoms with Crippen molar-refractivity contribution in [3.8, 4) is 11.1 Å². The first-order valence-electron chi connectivity index (χ1n) is 12.3. The monoisotopic (exact) mass is 587 g/mol. The Balaban J connectivity index is 1.56. The lowest BCUT2D eigenvalue weighted by molar-refractivity contribution is -0.137. The number of rotatable bonds is 4. The lowest BCUT2D eigenvalue weighted by atomic mass is 9.88. The molecule has 1 atom stereocenters. The fraction of sp³-hybridized carbons (Fsp3) is 0.179. The number of hydrogen-bond donors (Lipinski definition) is 2. The van der Waals surface area contributed by atoms with Gasteiger partial charge in [0.25, 0.3) is 5.91 Å². The van der Waals surface area contributed by atoms with Gasteiger partial charge in [-0.1, -0.05) is 11.6 Å². The number of carbonyl (C=O) groups excluding carboxylic acids is 2. The van der Waals surface area contributed by atoms with Crippen molar-refractivity contribution < 1.29 is 31.5 Å². The zero-order valence-electron chi connectivity index (χ0n) is 21.1. The van der Waals surface area contributed by atoms with Crippen molar-refractivity contribution in [3.63, 3.8) is 0 Å². The Bertz CT molecular complexity index is 1750. The summed E-state index contributed by atoms with van der Waals surface area (Å²) < 4.78 is 70.1. The minimum absolute atomic E-state index is 0.114. The Labute approximate surface area is 234 Å². The number of aromatic nitrogens is 2. The van der Waals surface area contributed by atoms with Crippen LogP contribution in [-0.2, 0) is 19.6 Å². The van der Waals surface area contributed by atoms with E-state index in [0.29, 0.717) is 53.5 Å². The number of aryl methyl sites for hydroxylation is 1. The minimum Gasteiger partial charge on any atom is -0.327 e. The first kappa shape index (κ1) is 26.8. The molecule has 3 amide bonds. The number of nitrogens with one attached hydrogen (secondary N) is 2. The predicted molar refractivity (Wildman–Crippen MR) is 141 cm³/mol. The van der Waals surface area contributed by atoms with Crippen LogP contribution in [0.2, 0.25) is 5.02 Å². The maximum atomic E-state index is 14.3. The highest BCUT2D eigenvalue weighted by molar-refractivity contribution is 6.31. The van der Waals surface area contributed by atoms with E-state index >= 15 is 0 Å². The maximum absolute atomic E-state index is 14.3. The molecule has 3 heterocycles. The Morgan fingerprint density at radius 3 is 2.61 bits per heavy atom. The zero-order valence-corrected chi connectivity index (χ0v) is 21.9. The fourth-order valence-corrected chi connectivity index (χ4v) is 5.59. The second-order valence-electron chi connectivity index (χ2n) is 9.75. The van der Waals surface area contributed by atoms with Crippen LogP contribution in [-0.4, -0.2) is 28.3 Å². The first-order chi connectivity index (χ1) is 19.4. The number of amides is 3. The lowest BCUT2D eigenvalue weighted by Gasteiger charge is -2.35. The van der Waals surface area contributed by atoms with Gasteiger partial charge in [0.1, 0.15) is 11.6 Å². The number of alkyl halides is 3. The van der Waals surface area contributed by atoms with Crippen LogP contribution in [0.1, 0.15) is 38.7 Å². The molecule has 1 aromatic heterocycles. The van der Waals surface area contributed by atoms with Crippen molar-refractivity contribution in [2.24, 2.45) is 7.05 Å². The van der Waals surface area contributed by atoms with Crippen molar-refractivity contribution in [1.29, 1.82) is 0 Å². The van der Waals surface area contributed by atoms with Gasteiger partial charge in [0.15, 0.2) is 0 Å². The van der Waals surface area contributed by atoms with E-state index in [-0.39, 0.29) is 16.3 Å². The highest BCUT2D eigenvalue weighted by Gasteiger charge is 2.41. The van der Waals surface area contributed by atoms with Gasteiger partial charge in [-0.2, -0.15) is 18.3 Å². The number of carbonyl (C=O) groups is 2. The third-order valence-electron chi connectivity index (χ3n) is 7.12. The van der Waals surface area contributed by atoms with E-state index in [1.807, 2.05) is 0 Å². The molecule has 0 spiro atoms. The van der Waals surface area contributed by atoms with Crippen LogP contribution >= 0.6 is 11.6 Å². The molecule has 2 aliphatic heterocycles. The van der Waals surface area contributed by atoms with Gasteiger partial charge >= 0.3 is 12.2 Å². The molecule has 41 heavy (non-hydrogen) atoms. The number of urea groups is 1. The zero-order chi connectivity index (χ0) is 29.2. The highest BCUT2D eigenvalue weighted by atomic mass is 35.5. The van der Waals surface area contributed by atoms with E-state index < -0.39 is 46.9 Å². The lowest BCUT2D eigenvalue weighted by Crippen LogP contribution is -2.46. The van der Waals surface area contributed by atoms with E-state index in [4.69, 9.17) is 11.6 Å². The third-order valence-corrected chi connectivity index (χ3v) is 7.47. The summed E-state index contributed by atoms with van der Waals surface area (Å²) in [6, 6.07) is 5.32. The van der Waals surface area contributed by atoms with Gasteiger partial charge in [-0.3, -0.25) is 14.4 Å². The molecule has 210 valence electrons. The Kier molecular flexibility index (Phi) is 6.25. The topological polar surface area (TPSA) is 79.3 Å². The summed E-state index contributed by atoms with van der Waals surface area (Å²) in [5.74, 6) is -2.87. The number of benzene rings is 3. The minimum atomic E-state index is -4.88. The van der Waals surface area contributed by atoms with Gasteiger partial charge < -0.3 is 10.6 Å². The normalized spacial score (nSPS) is 16.0. The standard InChI is InChI=1S/C28H19ClF5N5O2/c1-38-12-14(11-35-38)19-10-22(36-26(40)13-6-15(28(32,33)34)8-17(31)7-13)23-24(20-9-16(30)2-3-21(20)29)37-27(41)39-5-4-18(19)25(23)39/h2-3,6-12,24H,4-5H2,1H3,(H,36,40)(H,37,41). The van der Waals surface area contributed by atoms with Crippen LogP contribution in [0.25, 0.3) is 11.1 Å². The Morgan fingerprint density at radius 1 is 1.12 bits per heavy atom. The summed E-state index contributed by atoms with van der Waals surface area (Å²) in [6.45, 7) is 0.307. The maximum Gasteiger partial charge on any atom is 0.416 e. The first-order valence-corrected chi connectivity index (χ1v) is 12.7. The van der Waals surface area contributed by atoms with Gasteiger partial charge in [-0.25, -0.2) is 13.6 Å². The molecule has 2 aliphatic rings. The molecule has 0 saturated heterocycles. The van der Waals surface area contributed by atoms with Crippen LogP contribution in [0.5, 0.6) is 0 Å².